The molecule has 1 aromatic carbocycles. The molecule has 2 atom stereocenters. The third-order valence-corrected chi connectivity index (χ3v) is 6.15. The molecule has 2 unspecified atom stereocenters. The van der Waals surface area contributed by atoms with Crippen LogP contribution < -0.4 is 4.90 Å². The maximum atomic E-state index is 13.1. The Balaban J connectivity index is 1.63. The number of halogens is 4. The first-order valence-electron chi connectivity index (χ1n) is 8.86. The molecule has 3 heterocycles. The quantitative estimate of drug-likeness (QED) is 0.546. The fourth-order valence-corrected chi connectivity index (χ4v) is 4.59. The van der Waals surface area contributed by atoms with Gasteiger partial charge in [0.25, 0.3) is 0 Å². The van der Waals surface area contributed by atoms with Crippen molar-refractivity contribution in [2.75, 3.05) is 4.90 Å². The molecule has 0 radical (unpaired) electrons. The number of rotatable bonds is 3. The monoisotopic (exact) mass is 440 g/mol. The van der Waals surface area contributed by atoms with E-state index in [1.54, 1.807) is 11.8 Å². The number of fused-ring (bicyclic) bond motifs is 2. The molecule has 4 rings (SSSR count). The van der Waals surface area contributed by atoms with Crippen molar-refractivity contribution >= 4 is 40.6 Å². The molecule has 0 bridgehead atoms. The van der Waals surface area contributed by atoms with Crippen LogP contribution in [0.3, 0.4) is 0 Å². The highest BCUT2D eigenvalue weighted by Gasteiger charge is 2.35. The topological polar surface area (TPSA) is 50.5 Å². The van der Waals surface area contributed by atoms with Crippen LogP contribution in [-0.4, -0.2) is 31.8 Å². The van der Waals surface area contributed by atoms with Crippen molar-refractivity contribution in [2.45, 2.75) is 42.9 Å². The van der Waals surface area contributed by atoms with Crippen LogP contribution in [0.5, 0.6) is 0 Å². The molecule has 10 heteroatoms. The normalized spacial score (nSPS) is 17.6. The summed E-state index contributed by atoms with van der Waals surface area (Å²) in [6.07, 6.45) is -2.90. The summed E-state index contributed by atoms with van der Waals surface area (Å²) in [5.41, 5.74) is 1.17. The molecule has 1 amide bonds. The summed E-state index contributed by atoms with van der Waals surface area (Å²) in [6.45, 7) is 3.67. The van der Waals surface area contributed by atoms with E-state index in [9.17, 15) is 18.0 Å². The predicted octanol–water partition coefficient (Wildman–Crippen LogP) is 4.86. The number of alkyl halides is 3. The lowest BCUT2D eigenvalue weighted by Gasteiger charge is -2.25. The SMILES string of the molecule is CC(Sc1nnc2c(Cl)cc(C(F)(F)F)cn12)C(=O)N1c2ccccc2CC1C. The Morgan fingerprint density at radius 1 is 1.31 bits per heavy atom. The van der Waals surface area contributed by atoms with Crippen LogP contribution in [0.1, 0.15) is 25.0 Å². The standard InChI is InChI=1S/C19H16ClF3N4OS/c1-10-7-12-5-3-4-6-15(12)27(10)17(28)11(2)29-18-25-24-16-14(20)8-13(9-26(16)18)19(21,22)23/h3-6,8-11H,7H2,1-2H3. The molecule has 0 saturated heterocycles. The molecular weight excluding hydrogens is 425 g/mol. The maximum Gasteiger partial charge on any atom is 0.417 e. The molecule has 1 aliphatic rings. The van der Waals surface area contributed by atoms with Crippen molar-refractivity contribution in [1.29, 1.82) is 0 Å². The van der Waals surface area contributed by atoms with Gasteiger partial charge in [-0.1, -0.05) is 41.6 Å². The van der Waals surface area contributed by atoms with E-state index >= 15 is 0 Å². The molecule has 29 heavy (non-hydrogen) atoms. The number of thioether (sulfide) groups is 1. The van der Waals surface area contributed by atoms with Crippen molar-refractivity contribution in [1.82, 2.24) is 14.6 Å². The number of nitrogens with zero attached hydrogens (tertiary/aromatic N) is 4. The Morgan fingerprint density at radius 2 is 2.03 bits per heavy atom. The van der Waals surface area contributed by atoms with Gasteiger partial charge < -0.3 is 4.90 Å². The van der Waals surface area contributed by atoms with Crippen LogP contribution in [0.15, 0.2) is 41.7 Å². The third kappa shape index (κ3) is 3.57. The minimum atomic E-state index is -4.56. The largest absolute Gasteiger partial charge is 0.417 e. The molecule has 0 fully saturated rings. The van der Waals surface area contributed by atoms with E-state index in [1.807, 2.05) is 31.2 Å². The van der Waals surface area contributed by atoms with Crippen LogP contribution in [0.2, 0.25) is 5.02 Å². The summed E-state index contributed by atoms with van der Waals surface area (Å²) in [4.78, 5) is 14.9. The van der Waals surface area contributed by atoms with Gasteiger partial charge in [0.1, 0.15) is 0 Å². The van der Waals surface area contributed by atoms with E-state index in [1.165, 1.54) is 4.40 Å². The van der Waals surface area contributed by atoms with Crippen molar-refractivity contribution in [3.8, 4) is 0 Å². The highest BCUT2D eigenvalue weighted by atomic mass is 35.5. The number of para-hydroxylation sites is 1. The van der Waals surface area contributed by atoms with Crippen molar-refractivity contribution in [3.63, 3.8) is 0 Å². The number of anilines is 1. The summed E-state index contributed by atoms with van der Waals surface area (Å²) in [5.74, 6) is -0.137. The number of hydrogen-bond donors (Lipinski definition) is 0. The van der Waals surface area contributed by atoms with Crippen LogP contribution in [0.4, 0.5) is 18.9 Å². The van der Waals surface area contributed by atoms with Gasteiger partial charge in [0.2, 0.25) is 5.91 Å². The predicted molar refractivity (Wildman–Crippen MR) is 105 cm³/mol. The Bertz CT molecular complexity index is 1100. The van der Waals surface area contributed by atoms with E-state index in [2.05, 4.69) is 10.2 Å². The zero-order valence-electron chi connectivity index (χ0n) is 15.4. The summed E-state index contributed by atoms with van der Waals surface area (Å²) in [6, 6.07) is 8.52. The molecule has 2 aromatic heterocycles. The molecule has 3 aromatic rings. The Labute approximate surface area is 173 Å². The number of benzene rings is 1. The highest BCUT2D eigenvalue weighted by molar-refractivity contribution is 8.00. The van der Waals surface area contributed by atoms with Crippen LogP contribution >= 0.6 is 23.4 Å². The Morgan fingerprint density at radius 3 is 2.76 bits per heavy atom. The van der Waals surface area contributed by atoms with Gasteiger partial charge in [0.05, 0.1) is 15.8 Å². The lowest BCUT2D eigenvalue weighted by atomic mass is 10.1. The number of aromatic nitrogens is 3. The van der Waals surface area contributed by atoms with Crippen LogP contribution in [0, 0.1) is 0 Å². The van der Waals surface area contributed by atoms with Gasteiger partial charge in [0.15, 0.2) is 10.8 Å². The Kier molecular flexibility index (Phi) is 4.98. The number of hydrogen-bond acceptors (Lipinski definition) is 4. The molecule has 5 nitrogen and oxygen atoms in total. The maximum absolute atomic E-state index is 13.1. The van der Waals surface area contributed by atoms with Crippen molar-refractivity contribution < 1.29 is 18.0 Å². The first-order chi connectivity index (χ1) is 13.7. The first kappa shape index (κ1) is 20.0. The minimum absolute atomic E-state index is 0.00405. The molecule has 0 saturated carbocycles. The Hall–Kier alpha value is -2.26. The third-order valence-electron chi connectivity index (χ3n) is 4.83. The van der Waals surface area contributed by atoms with Gasteiger partial charge in [-0.2, -0.15) is 13.2 Å². The molecular formula is C19H16ClF3N4OS. The number of amides is 1. The second kappa shape index (κ2) is 7.21. The lowest BCUT2D eigenvalue weighted by Crippen LogP contribution is -2.40. The van der Waals surface area contributed by atoms with Gasteiger partial charge in [-0.3, -0.25) is 9.20 Å². The molecule has 0 aliphatic carbocycles. The van der Waals surface area contributed by atoms with Crippen molar-refractivity contribution in [3.05, 3.63) is 52.7 Å². The van der Waals surface area contributed by atoms with E-state index < -0.39 is 17.0 Å². The average Bonchev–Trinajstić information content (AvgIpc) is 3.20. The number of carbonyl (C=O) groups is 1. The van der Waals surface area contributed by atoms with Crippen LogP contribution in [0.25, 0.3) is 5.65 Å². The number of pyridine rings is 1. The summed E-state index contributed by atoms with van der Waals surface area (Å²) in [7, 11) is 0. The van der Waals surface area contributed by atoms with E-state index in [4.69, 9.17) is 11.6 Å². The summed E-state index contributed by atoms with van der Waals surface area (Å²) in [5, 5.41) is 7.26. The summed E-state index contributed by atoms with van der Waals surface area (Å²) >= 11 is 7.00. The molecule has 0 spiro atoms. The van der Waals surface area contributed by atoms with Gasteiger partial charge in [-0.25, -0.2) is 0 Å². The first-order valence-corrected chi connectivity index (χ1v) is 10.1. The second-order valence-electron chi connectivity index (χ2n) is 6.90. The zero-order valence-corrected chi connectivity index (χ0v) is 17.0. The minimum Gasteiger partial charge on any atom is -0.308 e. The molecule has 152 valence electrons. The van der Waals surface area contributed by atoms with Gasteiger partial charge in [-0.05, 0) is 38.0 Å². The molecule has 0 N–H and O–H groups in total. The van der Waals surface area contributed by atoms with E-state index in [0.717, 1.165) is 41.7 Å². The number of carbonyl (C=O) groups excluding carboxylic acids is 1. The summed E-state index contributed by atoms with van der Waals surface area (Å²) < 4.78 is 40.6. The second-order valence-corrected chi connectivity index (χ2v) is 8.62. The molecule has 1 aliphatic heterocycles. The zero-order chi connectivity index (χ0) is 20.9. The fraction of sp³-hybridized carbons (Fsp3) is 0.316. The van der Waals surface area contributed by atoms with E-state index in [0.29, 0.717) is 0 Å². The highest BCUT2D eigenvalue weighted by Crippen LogP contribution is 2.36. The van der Waals surface area contributed by atoms with Crippen LogP contribution in [-0.2, 0) is 17.4 Å². The smallest absolute Gasteiger partial charge is 0.308 e. The van der Waals surface area contributed by atoms with Gasteiger partial charge in [-0.15, -0.1) is 10.2 Å². The fourth-order valence-electron chi connectivity index (χ4n) is 3.47. The van der Waals surface area contributed by atoms with Crippen molar-refractivity contribution in [2.24, 2.45) is 0 Å². The van der Waals surface area contributed by atoms with E-state index in [-0.39, 0.29) is 27.8 Å². The van der Waals surface area contributed by atoms with Gasteiger partial charge in [0, 0.05) is 17.9 Å². The lowest BCUT2D eigenvalue weighted by molar-refractivity contribution is -0.137. The average molecular weight is 441 g/mol. The van der Waals surface area contributed by atoms with Gasteiger partial charge >= 0.3 is 6.18 Å².